The molecule has 160 valence electrons. The number of halogens is 1. The number of thiocarbonyl (C=S) groups is 1. The van der Waals surface area contributed by atoms with Crippen LogP contribution in [0.5, 0.6) is 0 Å². The second-order valence-corrected chi connectivity index (χ2v) is 9.06. The third-order valence-corrected chi connectivity index (χ3v) is 6.20. The van der Waals surface area contributed by atoms with Gasteiger partial charge in [0.05, 0.1) is 5.69 Å². The molecular weight excluding hydrogens is 484 g/mol. The van der Waals surface area contributed by atoms with Crippen molar-refractivity contribution in [2.45, 2.75) is 20.3 Å². The molecule has 1 aliphatic rings. The molecule has 2 amide bonds. The van der Waals surface area contributed by atoms with Gasteiger partial charge in [-0.15, -0.1) is 0 Å². The van der Waals surface area contributed by atoms with E-state index in [9.17, 15) is 9.59 Å². The van der Waals surface area contributed by atoms with Crippen molar-refractivity contribution < 1.29 is 9.59 Å². The van der Waals surface area contributed by atoms with Crippen LogP contribution in [-0.2, 0) is 16.0 Å². The summed E-state index contributed by atoms with van der Waals surface area (Å²) in [5, 5.41) is 2.69. The highest BCUT2D eigenvalue weighted by molar-refractivity contribution is 9.10. The maximum absolute atomic E-state index is 13.1. The van der Waals surface area contributed by atoms with E-state index in [1.807, 2.05) is 36.4 Å². The third kappa shape index (κ3) is 4.71. The SMILES string of the molecule is Cc1cc(C)cc(Cc2ccc(/C=C3/C(=O)NC(=S)N(c4ccccc4)C3=O)cc2Br)c1. The van der Waals surface area contributed by atoms with Crippen LogP contribution in [-0.4, -0.2) is 16.9 Å². The minimum absolute atomic E-state index is 0.0383. The van der Waals surface area contributed by atoms with E-state index in [4.69, 9.17) is 12.2 Å². The van der Waals surface area contributed by atoms with Crippen molar-refractivity contribution in [3.8, 4) is 0 Å². The Morgan fingerprint density at radius 1 is 0.969 bits per heavy atom. The van der Waals surface area contributed by atoms with E-state index in [-0.39, 0.29) is 10.7 Å². The van der Waals surface area contributed by atoms with Gasteiger partial charge in [-0.3, -0.25) is 19.8 Å². The number of nitrogens with zero attached hydrogens (tertiary/aromatic N) is 1. The molecule has 3 aromatic carbocycles. The molecule has 0 bridgehead atoms. The van der Waals surface area contributed by atoms with E-state index in [0.29, 0.717) is 5.69 Å². The maximum Gasteiger partial charge on any atom is 0.270 e. The zero-order valence-corrected chi connectivity index (χ0v) is 20.1. The number of nitrogens with one attached hydrogen (secondary N) is 1. The van der Waals surface area contributed by atoms with Gasteiger partial charge >= 0.3 is 0 Å². The number of para-hydroxylation sites is 1. The molecule has 1 fully saturated rings. The zero-order valence-electron chi connectivity index (χ0n) is 17.7. The molecule has 3 aromatic rings. The first-order valence-corrected chi connectivity index (χ1v) is 11.3. The predicted molar refractivity (Wildman–Crippen MR) is 136 cm³/mol. The molecule has 0 unspecified atom stereocenters. The molecular formula is C26H21BrN2O2S. The molecule has 0 atom stereocenters. The second-order valence-electron chi connectivity index (χ2n) is 7.82. The number of rotatable bonds is 4. The molecule has 0 aromatic heterocycles. The van der Waals surface area contributed by atoms with E-state index in [2.05, 4.69) is 53.3 Å². The van der Waals surface area contributed by atoms with Crippen LogP contribution in [0.15, 0.2) is 76.8 Å². The summed E-state index contributed by atoms with van der Waals surface area (Å²) < 4.78 is 0.921. The summed E-state index contributed by atoms with van der Waals surface area (Å²) in [4.78, 5) is 27.0. The average Bonchev–Trinajstić information content (AvgIpc) is 2.73. The number of amides is 2. The molecule has 0 saturated carbocycles. The van der Waals surface area contributed by atoms with Gasteiger partial charge in [-0.05, 0) is 73.5 Å². The molecule has 1 aliphatic heterocycles. The zero-order chi connectivity index (χ0) is 22.8. The van der Waals surface area contributed by atoms with Gasteiger partial charge in [-0.1, -0.05) is 75.6 Å². The Morgan fingerprint density at radius 3 is 2.31 bits per heavy atom. The molecule has 4 nitrogen and oxygen atoms in total. The lowest BCUT2D eigenvalue weighted by Gasteiger charge is -2.28. The lowest BCUT2D eigenvalue weighted by molar-refractivity contribution is -0.122. The van der Waals surface area contributed by atoms with Crippen molar-refractivity contribution in [2.75, 3.05) is 4.90 Å². The normalized spacial score (nSPS) is 15.3. The lowest BCUT2D eigenvalue weighted by Crippen LogP contribution is -2.54. The third-order valence-electron chi connectivity index (χ3n) is 5.18. The Balaban J connectivity index is 1.62. The molecule has 32 heavy (non-hydrogen) atoms. The van der Waals surface area contributed by atoms with Crippen molar-refractivity contribution in [3.05, 3.63) is 105 Å². The quantitative estimate of drug-likeness (QED) is 0.290. The van der Waals surface area contributed by atoms with Crippen molar-refractivity contribution in [2.24, 2.45) is 0 Å². The lowest BCUT2D eigenvalue weighted by atomic mass is 9.99. The second kappa shape index (κ2) is 9.18. The standard InChI is InChI=1S/C26H21BrN2O2S/c1-16-10-17(2)12-19(11-16)13-20-9-8-18(15-23(20)27)14-22-24(30)28-26(32)29(25(22)31)21-6-4-3-5-7-21/h3-12,14-15H,13H2,1-2H3,(H,28,30,32)/b22-14-. The number of hydrogen-bond acceptors (Lipinski definition) is 3. The molecule has 1 saturated heterocycles. The summed E-state index contributed by atoms with van der Waals surface area (Å²) in [6.07, 6.45) is 2.39. The van der Waals surface area contributed by atoms with Crippen LogP contribution >= 0.6 is 28.1 Å². The number of benzene rings is 3. The fourth-order valence-electron chi connectivity index (χ4n) is 3.82. The minimum Gasteiger partial charge on any atom is -0.298 e. The van der Waals surface area contributed by atoms with Crippen LogP contribution in [0.3, 0.4) is 0 Å². The monoisotopic (exact) mass is 504 g/mol. The van der Waals surface area contributed by atoms with Crippen molar-refractivity contribution >= 4 is 56.8 Å². The molecule has 4 rings (SSSR count). The highest BCUT2D eigenvalue weighted by Crippen LogP contribution is 2.26. The summed E-state index contributed by atoms with van der Waals surface area (Å²) in [6, 6.07) is 21.4. The van der Waals surface area contributed by atoms with Gasteiger partial charge < -0.3 is 0 Å². The topological polar surface area (TPSA) is 49.4 Å². The Kier molecular flexibility index (Phi) is 6.35. The van der Waals surface area contributed by atoms with E-state index in [0.717, 1.165) is 22.0 Å². The maximum atomic E-state index is 13.1. The van der Waals surface area contributed by atoms with Gasteiger partial charge in [0.25, 0.3) is 11.8 Å². The Morgan fingerprint density at radius 2 is 1.66 bits per heavy atom. The predicted octanol–water partition coefficient (Wildman–Crippen LogP) is 5.49. The molecule has 1 N–H and O–H groups in total. The highest BCUT2D eigenvalue weighted by atomic mass is 79.9. The van der Waals surface area contributed by atoms with Gasteiger partial charge in [0, 0.05) is 4.47 Å². The Bertz CT molecular complexity index is 1250. The van der Waals surface area contributed by atoms with Gasteiger partial charge in [0.2, 0.25) is 0 Å². The van der Waals surface area contributed by atoms with Gasteiger partial charge in [0.15, 0.2) is 5.11 Å². The summed E-state index contributed by atoms with van der Waals surface area (Å²) >= 11 is 8.89. The fourth-order valence-corrected chi connectivity index (χ4v) is 4.64. The van der Waals surface area contributed by atoms with E-state index < -0.39 is 11.8 Å². The largest absolute Gasteiger partial charge is 0.298 e. The fraction of sp³-hybridized carbons (Fsp3) is 0.115. The van der Waals surface area contributed by atoms with Crippen LogP contribution in [0.4, 0.5) is 5.69 Å². The number of carbonyl (C=O) groups is 2. The van der Waals surface area contributed by atoms with E-state index in [1.165, 1.54) is 21.6 Å². The van der Waals surface area contributed by atoms with Gasteiger partial charge in [0.1, 0.15) is 5.57 Å². The Hall–Kier alpha value is -3.09. The van der Waals surface area contributed by atoms with Crippen molar-refractivity contribution in [3.63, 3.8) is 0 Å². The Labute approximate surface area is 201 Å². The summed E-state index contributed by atoms with van der Waals surface area (Å²) in [6.45, 7) is 4.19. The number of anilines is 1. The number of carbonyl (C=O) groups excluding carboxylic acids is 2. The summed E-state index contributed by atoms with van der Waals surface area (Å²) in [5.74, 6) is -0.942. The smallest absolute Gasteiger partial charge is 0.270 e. The molecule has 0 radical (unpaired) electrons. The number of hydrogen-bond donors (Lipinski definition) is 1. The summed E-state index contributed by atoms with van der Waals surface area (Å²) in [7, 11) is 0. The van der Waals surface area contributed by atoms with Crippen LogP contribution in [0.1, 0.15) is 27.8 Å². The van der Waals surface area contributed by atoms with Crippen LogP contribution in [0, 0.1) is 13.8 Å². The molecule has 0 spiro atoms. The van der Waals surface area contributed by atoms with Gasteiger partial charge in [-0.2, -0.15) is 0 Å². The highest BCUT2D eigenvalue weighted by Gasteiger charge is 2.34. The van der Waals surface area contributed by atoms with E-state index >= 15 is 0 Å². The first-order valence-electron chi connectivity index (χ1n) is 10.1. The minimum atomic E-state index is -0.498. The van der Waals surface area contributed by atoms with Crippen LogP contribution in [0.2, 0.25) is 0 Å². The van der Waals surface area contributed by atoms with Crippen LogP contribution in [0.25, 0.3) is 6.08 Å². The van der Waals surface area contributed by atoms with Crippen molar-refractivity contribution in [1.29, 1.82) is 0 Å². The number of aryl methyl sites for hydroxylation is 2. The van der Waals surface area contributed by atoms with Crippen LogP contribution < -0.4 is 10.2 Å². The molecule has 0 aliphatic carbocycles. The molecule has 6 heteroatoms. The van der Waals surface area contributed by atoms with E-state index in [1.54, 1.807) is 18.2 Å². The van der Waals surface area contributed by atoms with Gasteiger partial charge in [-0.25, -0.2) is 0 Å². The first kappa shape index (κ1) is 22.1. The molecule has 1 heterocycles. The average molecular weight is 505 g/mol. The van der Waals surface area contributed by atoms with Crippen molar-refractivity contribution in [1.82, 2.24) is 5.32 Å². The summed E-state index contributed by atoms with van der Waals surface area (Å²) in [5.41, 5.74) is 6.24. The first-order chi connectivity index (χ1) is 15.3.